The second-order valence-electron chi connectivity index (χ2n) is 9.74. The summed E-state index contributed by atoms with van der Waals surface area (Å²) in [5.41, 5.74) is -6.10. The molecule has 1 unspecified atom stereocenters. The third-order valence-corrected chi connectivity index (χ3v) is 7.27. The lowest BCUT2D eigenvalue weighted by Gasteiger charge is -2.25. The Morgan fingerprint density at radius 2 is 1.62 bits per heavy atom. The van der Waals surface area contributed by atoms with Crippen LogP contribution in [0.2, 0.25) is 10.0 Å². The normalized spacial score (nSPS) is 16.2. The number of benzene rings is 2. The number of hydrogen-bond acceptors (Lipinski definition) is 2. The van der Waals surface area contributed by atoms with Crippen molar-refractivity contribution in [2.24, 2.45) is 0 Å². The molecule has 1 aliphatic rings. The van der Waals surface area contributed by atoms with Gasteiger partial charge in [-0.25, -0.2) is 4.39 Å². The Morgan fingerprint density at radius 3 is 2.10 bits per heavy atom. The predicted molar refractivity (Wildman–Crippen MR) is 134 cm³/mol. The topological polar surface area (TPSA) is 49.4 Å². The van der Waals surface area contributed by atoms with E-state index < -0.39 is 76.4 Å². The first kappa shape index (κ1) is 33.5. The highest BCUT2D eigenvalue weighted by Gasteiger charge is 2.54. The molecule has 3 rings (SSSR count). The molecule has 0 aliphatic heterocycles. The summed E-state index contributed by atoms with van der Waals surface area (Å²) in [7, 11) is 0.806. The van der Waals surface area contributed by atoms with E-state index in [0.29, 0.717) is 12.1 Å². The molecule has 1 N–H and O–H groups in total. The zero-order valence-corrected chi connectivity index (χ0v) is 23.0. The number of aryl methyl sites for hydroxylation is 1. The zero-order valence-electron chi connectivity index (χ0n) is 21.5. The van der Waals surface area contributed by atoms with E-state index in [1.54, 1.807) is 0 Å². The molecule has 2 aromatic rings. The van der Waals surface area contributed by atoms with E-state index in [-0.39, 0.29) is 45.5 Å². The minimum Gasteiger partial charge on any atom is -0.338 e. The first-order valence-corrected chi connectivity index (χ1v) is 12.6. The largest absolute Gasteiger partial charge is 0.417 e. The van der Waals surface area contributed by atoms with Crippen LogP contribution in [0.4, 0.5) is 43.9 Å². The minimum absolute atomic E-state index is 0.0442. The maximum absolute atomic E-state index is 15.1. The number of halogens is 12. The average Bonchev–Trinajstić information content (AvgIpc) is 3.62. The number of carbonyl (C=O) groups is 2. The van der Waals surface area contributed by atoms with Gasteiger partial charge in [-0.15, -0.1) is 0 Å². The lowest BCUT2D eigenvalue weighted by atomic mass is 9.94. The van der Waals surface area contributed by atoms with Gasteiger partial charge in [-0.2, -0.15) is 39.5 Å². The molecule has 0 radical (unpaired) electrons. The third kappa shape index (κ3) is 7.68. The molecule has 1 fully saturated rings. The number of amides is 2. The van der Waals surface area contributed by atoms with Crippen molar-refractivity contribution < 1.29 is 53.5 Å². The SMILES string of the molecule is Cc1cc(C(/C=C(\F)c2ccc(C(=O)NC3(C(=O)N(C)CC(F)(F)F)CC3)c(C(F)(F)F)c2)C(F)(F)F)cc(Cl)c1Cl. The maximum atomic E-state index is 15.1. The molecular formula is C26H20Cl2F10N2O2. The van der Waals surface area contributed by atoms with Crippen LogP contribution in [0.25, 0.3) is 5.83 Å². The molecule has 230 valence electrons. The fourth-order valence-electron chi connectivity index (χ4n) is 4.19. The quantitative estimate of drug-likeness (QED) is 0.306. The van der Waals surface area contributed by atoms with E-state index in [9.17, 15) is 49.1 Å². The van der Waals surface area contributed by atoms with Gasteiger partial charge in [0.1, 0.15) is 23.8 Å². The van der Waals surface area contributed by atoms with Crippen molar-refractivity contribution in [1.29, 1.82) is 0 Å². The predicted octanol–water partition coefficient (Wildman–Crippen LogP) is 8.26. The summed E-state index contributed by atoms with van der Waals surface area (Å²) < 4.78 is 136. The molecule has 2 amide bonds. The number of hydrogen-bond donors (Lipinski definition) is 1. The Morgan fingerprint density at radius 1 is 1.02 bits per heavy atom. The molecule has 2 aromatic carbocycles. The van der Waals surface area contributed by atoms with Crippen molar-refractivity contribution in [3.63, 3.8) is 0 Å². The average molecular weight is 653 g/mol. The number of allylic oxidation sites excluding steroid dienone is 1. The molecule has 1 aliphatic carbocycles. The van der Waals surface area contributed by atoms with Gasteiger partial charge in [0, 0.05) is 12.6 Å². The highest BCUT2D eigenvalue weighted by molar-refractivity contribution is 6.42. The molecule has 1 saturated carbocycles. The summed E-state index contributed by atoms with van der Waals surface area (Å²) in [4.78, 5) is 25.5. The number of carbonyl (C=O) groups excluding carboxylic acids is 2. The van der Waals surface area contributed by atoms with Gasteiger partial charge < -0.3 is 10.2 Å². The van der Waals surface area contributed by atoms with Crippen molar-refractivity contribution in [3.05, 3.63) is 74.3 Å². The number of nitrogens with zero attached hydrogens (tertiary/aromatic N) is 1. The molecule has 4 nitrogen and oxygen atoms in total. The summed E-state index contributed by atoms with van der Waals surface area (Å²) in [5, 5.41) is 1.71. The fraction of sp³-hybridized carbons (Fsp3) is 0.385. The molecule has 0 bridgehead atoms. The number of rotatable bonds is 7. The molecular weight excluding hydrogens is 633 g/mol. The van der Waals surface area contributed by atoms with E-state index in [1.165, 1.54) is 6.92 Å². The van der Waals surface area contributed by atoms with Crippen LogP contribution in [0, 0.1) is 6.92 Å². The molecule has 0 aromatic heterocycles. The zero-order chi connectivity index (χ0) is 32.0. The number of likely N-dealkylation sites (N-methyl/N-ethyl adjacent to an activating group) is 1. The van der Waals surface area contributed by atoms with Gasteiger partial charge in [0.05, 0.1) is 21.2 Å². The second-order valence-corrected chi connectivity index (χ2v) is 10.5. The van der Waals surface area contributed by atoms with Gasteiger partial charge in [0.15, 0.2) is 0 Å². The van der Waals surface area contributed by atoms with Gasteiger partial charge in [-0.1, -0.05) is 35.3 Å². The summed E-state index contributed by atoms with van der Waals surface area (Å²) in [6.07, 6.45) is -15.4. The van der Waals surface area contributed by atoms with Crippen LogP contribution in [0.1, 0.15) is 51.4 Å². The van der Waals surface area contributed by atoms with Gasteiger partial charge in [-0.3, -0.25) is 9.59 Å². The summed E-state index contributed by atoms with van der Waals surface area (Å²) in [5.74, 6) is -7.02. The van der Waals surface area contributed by atoms with Crippen LogP contribution in [0.3, 0.4) is 0 Å². The van der Waals surface area contributed by atoms with Gasteiger partial charge >= 0.3 is 18.5 Å². The monoisotopic (exact) mass is 652 g/mol. The van der Waals surface area contributed by atoms with Crippen LogP contribution >= 0.6 is 23.2 Å². The van der Waals surface area contributed by atoms with Gasteiger partial charge in [-0.05, 0) is 55.2 Å². The van der Waals surface area contributed by atoms with Gasteiger partial charge in [0.25, 0.3) is 5.91 Å². The lowest BCUT2D eigenvalue weighted by Crippen LogP contribution is -2.51. The second kappa shape index (κ2) is 11.6. The molecule has 0 heterocycles. The van der Waals surface area contributed by atoms with Crippen molar-refractivity contribution >= 4 is 40.8 Å². The van der Waals surface area contributed by atoms with E-state index in [1.807, 2.05) is 5.32 Å². The Labute approximate surface area is 242 Å². The molecule has 42 heavy (non-hydrogen) atoms. The smallest absolute Gasteiger partial charge is 0.338 e. The van der Waals surface area contributed by atoms with Crippen molar-refractivity contribution in [3.8, 4) is 0 Å². The van der Waals surface area contributed by atoms with Crippen LogP contribution in [0.5, 0.6) is 0 Å². The summed E-state index contributed by atoms with van der Waals surface area (Å²) >= 11 is 11.7. The maximum Gasteiger partial charge on any atom is 0.417 e. The van der Waals surface area contributed by atoms with E-state index in [0.717, 1.165) is 19.2 Å². The van der Waals surface area contributed by atoms with Crippen molar-refractivity contribution in [2.75, 3.05) is 13.6 Å². The van der Waals surface area contributed by atoms with Crippen molar-refractivity contribution in [1.82, 2.24) is 10.2 Å². The van der Waals surface area contributed by atoms with Crippen LogP contribution in [-0.4, -0.2) is 48.2 Å². The number of alkyl halides is 9. The summed E-state index contributed by atoms with van der Waals surface area (Å²) in [6, 6.07) is 3.07. The Bertz CT molecular complexity index is 1390. The van der Waals surface area contributed by atoms with Crippen LogP contribution in [-0.2, 0) is 11.0 Å². The first-order valence-electron chi connectivity index (χ1n) is 11.8. The third-order valence-electron chi connectivity index (χ3n) is 6.38. The lowest BCUT2D eigenvalue weighted by molar-refractivity contribution is -0.160. The fourth-order valence-corrected chi connectivity index (χ4v) is 4.57. The first-order chi connectivity index (χ1) is 19.1. The molecule has 1 atom stereocenters. The Balaban J connectivity index is 1.97. The highest BCUT2D eigenvalue weighted by atomic mass is 35.5. The van der Waals surface area contributed by atoms with Crippen LogP contribution < -0.4 is 5.32 Å². The number of nitrogens with one attached hydrogen (secondary N) is 1. The molecule has 0 saturated heterocycles. The standard InChI is InChI=1S/C26H20Cl2F10N2O2/c1-12-7-14(9-18(27)20(12)28)16(25(33,34)35)10-19(29)13-3-4-15(17(8-13)26(36,37)38)21(41)39-23(5-6-23)22(42)40(2)11-24(30,31)32/h3-4,7-10,16H,5-6,11H2,1-2H3,(H,39,41)/b19-10-. The Hall–Kier alpha value is -3.00. The van der Waals surface area contributed by atoms with Crippen LogP contribution in [0.15, 0.2) is 36.4 Å². The highest BCUT2D eigenvalue weighted by Crippen LogP contribution is 2.43. The van der Waals surface area contributed by atoms with E-state index >= 15 is 4.39 Å². The van der Waals surface area contributed by atoms with Gasteiger partial charge in [0.2, 0.25) is 5.91 Å². The van der Waals surface area contributed by atoms with E-state index in [2.05, 4.69) is 0 Å². The molecule has 16 heteroatoms. The summed E-state index contributed by atoms with van der Waals surface area (Å²) in [6.45, 7) is -0.323. The molecule has 0 spiro atoms. The van der Waals surface area contributed by atoms with Crippen molar-refractivity contribution in [2.45, 2.75) is 49.8 Å². The minimum atomic E-state index is -5.32. The van der Waals surface area contributed by atoms with E-state index in [4.69, 9.17) is 23.2 Å². The Kier molecular flexibility index (Phi) is 9.24.